The van der Waals surface area contributed by atoms with E-state index >= 15 is 0 Å². The van der Waals surface area contributed by atoms with Crippen molar-refractivity contribution in [1.29, 1.82) is 0 Å². The fourth-order valence-corrected chi connectivity index (χ4v) is 3.68. The van der Waals surface area contributed by atoms with E-state index in [9.17, 15) is 0 Å². The molecule has 0 unspecified atom stereocenters. The van der Waals surface area contributed by atoms with Crippen molar-refractivity contribution in [3.63, 3.8) is 0 Å². The van der Waals surface area contributed by atoms with E-state index in [4.69, 9.17) is 4.74 Å². The smallest absolute Gasteiger partial charge is 0.143 e. The summed E-state index contributed by atoms with van der Waals surface area (Å²) >= 11 is 3.78. The van der Waals surface area contributed by atoms with Gasteiger partial charge in [-0.05, 0) is 66.5 Å². The van der Waals surface area contributed by atoms with Crippen LogP contribution in [-0.4, -0.2) is 25.2 Å². The van der Waals surface area contributed by atoms with Crippen molar-refractivity contribution in [2.75, 3.05) is 20.2 Å². The number of fused-ring (bicyclic) bond motifs is 1. The molecule has 2 heterocycles. The maximum Gasteiger partial charge on any atom is 0.143 e. The van der Waals surface area contributed by atoms with Crippen LogP contribution in [0.25, 0.3) is 10.9 Å². The second-order valence-electron chi connectivity index (χ2n) is 5.27. The van der Waals surface area contributed by atoms with E-state index < -0.39 is 0 Å². The first kappa shape index (κ1) is 13.0. The Hall–Kier alpha value is -1.00. The van der Waals surface area contributed by atoms with Gasteiger partial charge >= 0.3 is 0 Å². The van der Waals surface area contributed by atoms with Gasteiger partial charge in [0.2, 0.25) is 0 Å². The first-order valence-corrected chi connectivity index (χ1v) is 7.56. The van der Waals surface area contributed by atoms with Gasteiger partial charge in [-0.1, -0.05) is 0 Å². The molecule has 3 rings (SSSR count). The van der Waals surface area contributed by atoms with E-state index in [0.717, 1.165) is 24.4 Å². The SMILES string of the molecule is COc1cc(C)cc2c(Br)c(C3CCNCC3)[nH]c12. The lowest BCUT2D eigenvalue weighted by Crippen LogP contribution is -2.26. The number of hydrogen-bond donors (Lipinski definition) is 2. The predicted molar refractivity (Wildman–Crippen MR) is 82.1 cm³/mol. The summed E-state index contributed by atoms with van der Waals surface area (Å²) in [6, 6.07) is 4.29. The molecular weight excluding hydrogens is 304 g/mol. The first-order chi connectivity index (χ1) is 9.20. The number of halogens is 1. The molecule has 1 aromatic carbocycles. The molecule has 1 aliphatic rings. The molecule has 2 N–H and O–H groups in total. The predicted octanol–water partition coefficient (Wildman–Crippen LogP) is 3.71. The maximum atomic E-state index is 5.50. The topological polar surface area (TPSA) is 37.0 Å². The highest BCUT2D eigenvalue weighted by Gasteiger charge is 2.22. The quantitative estimate of drug-likeness (QED) is 0.884. The summed E-state index contributed by atoms with van der Waals surface area (Å²) in [5, 5.41) is 4.64. The van der Waals surface area contributed by atoms with Crippen molar-refractivity contribution in [2.24, 2.45) is 0 Å². The summed E-state index contributed by atoms with van der Waals surface area (Å²) in [6.07, 6.45) is 2.37. The van der Waals surface area contributed by atoms with Crippen LogP contribution in [0.3, 0.4) is 0 Å². The van der Waals surface area contributed by atoms with Gasteiger partial charge in [0.25, 0.3) is 0 Å². The molecule has 3 nitrogen and oxygen atoms in total. The molecule has 4 heteroatoms. The molecule has 1 aliphatic heterocycles. The maximum absolute atomic E-state index is 5.50. The van der Waals surface area contributed by atoms with Crippen molar-refractivity contribution in [3.8, 4) is 5.75 Å². The van der Waals surface area contributed by atoms with Crippen LogP contribution < -0.4 is 10.1 Å². The summed E-state index contributed by atoms with van der Waals surface area (Å²) in [7, 11) is 1.73. The largest absolute Gasteiger partial charge is 0.495 e. The minimum atomic E-state index is 0.605. The summed E-state index contributed by atoms with van der Waals surface area (Å²) in [4.78, 5) is 3.58. The summed E-state index contributed by atoms with van der Waals surface area (Å²) in [5.74, 6) is 1.53. The van der Waals surface area contributed by atoms with Crippen LogP contribution in [0.4, 0.5) is 0 Å². The minimum absolute atomic E-state index is 0.605. The molecule has 0 bridgehead atoms. The normalized spacial score (nSPS) is 17.0. The van der Waals surface area contributed by atoms with E-state index in [2.05, 4.69) is 45.3 Å². The lowest BCUT2D eigenvalue weighted by atomic mass is 9.95. The number of piperidine rings is 1. The second-order valence-corrected chi connectivity index (χ2v) is 6.06. The van der Waals surface area contributed by atoms with Gasteiger partial charge in [0.15, 0.2) is 0 Å². The van der Waals surface area contributed by atoms with E-state index in [0.29, 0.717) is 5.92 Å². The van der Waals surface area contributed by atoms with Crippen molar-refractivity contribution >= 4 is 26.8 Å². The van der Waals surface area contributed by atoms with Crippen LogP contribution in [0, 0.1) is 6.92 Å². The van der Waals surface area contributed by atoms with Gasteiger partial charge in [0.1, 0.15) is 5.75 Å². The number of hydrogen-bond acceptors (Lipinski definition) is 2. The van der Waals surface area contributed by atoms with Crippen LogP contribution in [0.15, 0.2) is 16.6 Å². The standard InChI is InChI=1S/C15H19BrN2O/c1-9-7-11-13(16)14(10-3-5-17-6-4-10)18-15(11)12(8-9)19-2/h7-8,10,17-18H,3-6H2,1-2H3. The average Bonchev–Trinajstić information content (AvgIpc) is 2.76. The number of benzene rings is 1. The summed E-state index contributed by atoms with van der Waals surface area (Å²) < 4.78 is 6.70. The number of aryl methyl sites for hydroxylation is 1. The Morgan fingerprint density at radius 3 is 2.68 bits per heavy atom. The zero-order valence-electron chi connectivity index (χ0n) is 11.3. The van der Waals surface area contributed by atoms with Gasteiger partial charge in [-0.3, -0.25) is 0 Å². The zero-order valence-corrected chi connectivity index (χ0v) is 12.9. The van der Waals surface area contributed by atoms with Crippen LogP contribution in [0.1, 0.15) is 30.0 Å². The summed E-state index contributed by atoms with van der Waals surface area (Å²) in [6.45, 7) is 4.30. The third-order valence-electron chi connectivity index (χ3n) is 3.95. The number of rotatable bonds is 2. The van der Waals surface area contributed by atoms with Crippen molar-refractivity contribution in [3.05, 3.63) is 27.9 Å². The zero-order chi connectivity index (χ0) is 13.4. The van der Waals surface area contributed by atoms with Crippen LogP contribution in [0.5, 0.6) is 5.75 Å². The molecule has 0 amide bonds. The molecule has 0 saturated carbocycles. The molecule has 0 radical (unpaired) electrons. The highest BCUT2D eigenvalue weighted by molar-refractivity contribution is 9.10. The molecule has 102 valence electrons. The Balaban J connectivity index is 2.13. The molecule has 19 heavy (non-hydrogen) atoms. The molecule has 2 aromatic rings. The Morgan fingerprint density at radius 1 is 1.26 bits per heavy atom. The van der Waals surface area contributed by atoms with Gasteiger partial charge in [0, 0.05) is 21.5 Å². The molecule has 1 aromatic heterocycles. The summed E-state index contributed by atoms with van der Waals surface area (Å²) in [5.41, 5.74) is 3.65. The number of nitrogens with one attached hydrogen (secondary N) is 2. The number of ether oxygens (including phenoxy) is 1. The van der Waals surface area contributed by atoms with Gasteiger partial charge in [-0.2, -0.15) is 0 Å². The van der Waals surface area contributed by atoms with Crippen LogP contribution >= 0.6 is 15.9 Å². The Bertz CT molecular complexity index is 600. The van der Waals surface area contributed by atoms with Crippen molar-refractivity contribution < 1.29 is 4.74 Å². The average molecular weight is 323 g/mol. The monoisotopic (exact) mass is 322 g/mol. The molecule has 0 atom stereocenters. The van der Waals surface area contributed by atoms with E-state index in [-0.39, 0.29) is 0 Å². The van der Waals surface area contributed by atoms with Gasteiger partial charge < -0.3 is 15.0 Å². The minimum Gasteiger partial charge on any atom is -0.495 e. The number of aromatic amines is 1. The Kier molecular flexibility index (Phi) is 3.54. The highest BCUT2D eigenvalue weighted by atomic mass is 79.9. The van der Waals surface area contributed by atoms with Gasteiger partial charge in [-0.15, -0.1) is 0 Å². The van der Waals surface area contributed by atoms with E-state index in [1.165, 1.54) is 34.0 Å². The fraction of sp³-hybridized carbons (Fsp3) is 0.467. The van der Waals surface area contributed by atoms with Crippen molar-refractivity contribution in [2.45, 2.75) is 25.7 Å². The molecule has 0 aliphatic carbocycles. The van der Waals surface area contributed by atoms with Crippen LogP contribution in [0.2, 0.25) is 0 Å². The van der Waals surface area contributed by atoms with Gasteiger partial charge in [-0.25, -0.2) is 0 Å². The lowest BCUT2D eigenvalue weighted by molar-refractivity contribution is 0.418. The molecule has 1 fully saturated rings. The second kappa shape index (κ2) is 5.17. The Labute approximate surface area is 121 Å². The third kappa shape index (κ3) is 2.28. The lowest BCUT2D eigenvalue weighted by Gasteiger charge is -2.22. The Morgan fingerprint density at radius 2 is 2.00 bits per heavy atom. The van der Waals surface area contributed by atoms with E-state index in [1.54, 1.807) is 7.11 Å². The molecule has 1 saturated heterocycles. The number of methoxy groups -OCH3 is 1. The number of H-pyrrole nitrogens is 1. The fourth-order valence-electron chi connectivity index (χ4n) is 2.94. The molecular formula is C15H19BrN2O. The first-order valence-electron chi connectivity index (χ1n) is 6.77. The number of aromatic nitrogens is 1. The van der Waals surface area contributed by atoms with Crippen molar-refractivity contribution in [1.82, 2.24) is 10.3 Å². The third-order valence-corrected chi connectivity index (χ3v) is 4.80. The van der Waals surface area contributed by atoms with E-state index in [1.807, 2.05) is 0 Å². The van der Waals surface area contributed by atoms with Gasteiger partial charge in [0.05, 0.1) is 12.6 Å². The molecule has 0 spiro atoms. The van der Waals surface area contributed by atoms with Crippen LogP contribution in [-0.2, 0) is 0 Å². The highest BCUT2D eigenvalue weighted by Crippen LogP contribution is 2.39.